The van der Waals surface area contributed by atoms with Gasteiger partial charge in [-0.2, -0.15) is 0 Å². The Morgan fingerprint density at radius 1 is 1.37 bits per heavy atom. The van der Waals surface area contributed by atoms with E-state index in [9.17, 15) is 0 Å². The molecule has 1 aromatic carbocycles. The van der Waals surface area contributed by atoms with Crippen molar-refractivity contribution in [2.45, 2.75) is 38.8 Å². The molecule has 0 radical (unpaired) electrons. The molecule has 19 heavy (non-hydrogen) atoms. The fraction of sp³-hybridized carbons (Fsp3) is 0.625. The molecule has 0 aliphatic carbocycles. The zero-order valence-electron chi connectivity index (χ0n) is 12.0. The molecule has 1 heterocycles. The van der Waals surface area contributed by atoms with Crippen molar-refractivity contribution in [3.05, 3.63) is 35.4 Å². The molecule has 1 aromatic rings. The summed E-state index contributed by atoms with van der Waals surface area (Å²) in [6, 6.07) is 9.06. The third kappa shape index (κ3) is 3.78. The summed E-state index contributed by atoms with van der Waals surface area (Å²) >= 11 is 0. The van der Waals surface area contributed by atoms with Gasteiger partial charge >= 0.3 is 0 Å². The predicted molar refractivity (Wildman–Crippen MR) is 77.3 cm³/mol. The van der Waals surface area contributed by atoms with E-state index in [-0.39, 0.29) is 12.7 Å². The van der Waals surface area contributed by atoms with E-state index < -0.39 is 0 Å². The van der Waals surface area contributed by atoms with Gasteiger partial charge in [-0.05, 0) is 37.8 Å². The van der Waals surface area contributed by atoms with Gasteiger partial charge in [0.25, 0.3) is 0 Å². The number of ether oxygens (including phenoxy) is 1. The molecule has 1 unspecified atom stereocenters. The lowest BCUT2D eigenvalue weighted by molar-refractivity contribution is 0.00789. The Balaban J connectivity index is 2.05. The average molecular weight is 263 g/mol. The monoisotopic (exact) mass is 263 g/mol. The Hall–Kier alpha value is -0.900. The molecule has 1 aliphatic rings. The second-order valence-corrected chi connectivity index (χ2v) is 5.47. The first-order chi connectivity index (χ1) is 9.22. The van der Waals surface area contributed by atoms with Crippen LogP contribution in [0.1, 0.15) is 37.5 Å². The summed E-state index contributed by atoms with van der Waals surface area (Å²) in [5, 5.41) is 9.00. The number of benzene rings is 1. The third-order valence-corrected chi connectivity index (χ3v) is 3.83. The number of rotatable bonds is 6. The van der Waals surface area contributed by atoms with Crippen LogP contribution in [0, 0.1) is 0 Å². The molecule has 1 N–H and O–H groups in total. The molecule has 0 amide bonds. The highest BCUT2D eigenvalue weighted by Crippen LogP contribution is 2.28. The Labute approximate surface area is 116 Å². The van der Waals surface area contributed by atoms with Crippen molar-refractivity contribution in [3.63, 3.8) is 0 Å². The van der Waals surface area contributed by atoms with Crippen LogP contribution in [0.4, 0.5) is 0 Å². The molecule has 0 spiro atoms. The lowest BCUT2D eigenvalue weighted by Gasteiger charge is -2.33. The van der Waals surface area contributed by atoms with E-state index in [1.165, 1.54) is 11.1 Å². The molecule has 3 nitrogen and oxygen atoms in total. The van der Waals surface area contributed by atoms with Crippen molar-refractivity contribution in [2.75, 3.05) is 26.3 Å². The van der Waals surface area contributed by atoms with E-state index in [1.54, 1.807) is 0 Å². The lowest BCUT2D eigenvalue weighted by atomic mass is 9.97. The van der Waals surface area contributed by atoms with Crippen LogP contribution in [0.25, 0.3) is 0 Å². The van der Waals surface area contributed by atoms with Gasteiger partial charge in [-0.25, -0.2) is 0 Å². The Kier molecular flexibility index (Phi) is 5.37. The van der Waals surface area contributed by atoms with Crippen LogP contribution < -0.4 is 0 Å². The van der Waals surface area contributed by atoms with Crippen LogP contribution in [0.3, 0.4) is 0 Å². The van der Waals surface area contributed by atoms with Gasteiger partial charge in [0.15, 0.2) is 0 Å². The molecule has 1 aliphatic heterocycles. The van der Waals surface area contributed by atoms with Crippen molar-refractivity contribution in [1.29, 1.82) is 0 Å². The van der Waals surface area contributed by atoms with Crippen LogP contribution in [0.5, 0.6) is 0 Å². The SMILES string of the molecule is CC(C)N(CCCO)CC1OCCc2ccccc21. The Bertz CT molecular complexity index is 392. The highest BCUT2D eigenvalue weighted by molar-refractivity contribution is 5.31. The summed E-state index contributed by atoms with van der Waals surface area (Å²) < 4.78 is 5.96. The maximum absolute atomic E-state index is 9.00. The van der Waals surface area contributed by atoms with E-state index in [4.69, 9.17) is 9.84 Å². The maximum atomic E-state index is 9.00. The van der Waals surface area contributed by atoms with Gasteiger partial charge in [-0.3, -0.25) is 4.90 Å². The van der Waals surface area contributed by atoms with Gasteiger partial charge in [0, 0.05) is 25.7 Å². The zero-order chi connectivity index (χ0) is 13.7. The highest BCUT2D eigenvalue weighted by Gasteiger charge is 2.23. The summed E-state index contributed by atoms with van der Waals surface area (Å²) in [5.74, 6) is 0. The van der Waals surface area contributed by atoms with Gasteiger partial charge in [0.2, 0.25) is 0 Å². The predicted octanol–water partition coefficient (Wildman–Crippen LogP) is 2.39. The van der Waals surface area contributed by atoms with Crippen molar-refractivity contribution >= 4 is 0 Å². The summed E-state index contributed by atoms with van der Waals surface area (Å²) in [5.41, 5.74) is 2.76. The first kappa shape index (κ1) is 14.5. The average Bonchev–Trinajstić information content (AvgIpc) is 2.43. The van der Waals surface area contributed by atoms with Gasteiger partial charge in [0.1, 0.15) is 0 Å². The largest absolute Gasteiger partial charge is 0.396 e. The van der Waals surface area contributed by atoms with Gasteiger partial charge in [0.05, 0.1) is 12.7 Å². The molecule has 2 rings (SSSR count). The van der Waals surface area contributed by atoms with Crippen molar-refractivity contribution < 1.29 is 9.84 Å². The molecule has 0 bridgehead atoms. The first-order valence-corrected chi connectivity index (χ1v) is 7.26. The molecule has 0 fully saturated rings. The summed E-state index contributed by atoms with van der Waals surface area (Å²) in [4.78, 5) is 2.39. The second kappa shape index (κ2) is 7.04. The zero-order valence-corrected chi connectivity index (χ0v) is 12.0. The number of aliphatic hydroxyl groups excluding tert-OH is 1. The summed E-state index contributed by atoms with van der Waals surface area (Å²) in [6.07, 6.45) is 2.02. The van der Waals surface area contributed by atoms with Crippen LogP contribution in [-0.4, -0.2) is 42.4 Å². The van der Waals surface area contributed by atoms with E-state index in [1.807, 2.05) is 0 Å². The second-order valence-electron chi connectivity index (χ2n) is 5.47. The molecular formula is C16H25NO2. The molecule has 0 saturated carbocycles. The topological polar surface area (TPSA) is 32.7 Å². The quantitative estimate of drug-likeness (QED) is 0.855. The normalized spacial score (nSPS) is 18.9. The molecule has 106 valence electrons. The van der Waals surface area contributed by atoms with Gasteiger partial charge in [-0.15, -0.1) is 0 Å². The minimum Gasteiger partial charge on any atom is -0.396 e. The fourth-order valence-electron chi connectivity index (χ4n) is 2.68. The molecule has 0 saturated heterocycles. The van der Waals surface area contributed by atoms with E-state index >= 15 is 0 Å². The van der Waals surface area contributed by atoms with Gasteiger partial charge < -0.3 is 9.84 Å². The Morgan fingerprint density at radius 3 is 2.89 bits per heavy atom. The summed E-state index contributed by atoms with van der Waals surface area (Å²) in [6.45, 7) is 7.31. The third-order valence-electron chi connectivity index (χ3n) is 3.83. The van der Waals surface area contributed by atoms with E-state index in [2.05, 4.69) is 43.0 Å². The van der Waals surface area contributed by atoms with Crippen LogP contribution >= 0.6 is 0 Å². The maximum Gasteiger partial charge on any atom is 0.0954 e. The lowest BCUT2D eigenvalue weighted by Crippen LogP contribution is -2.37. The minimum absolute atomic E-state index is 0.172. The number of aliphatic hydroxyl groups is 1. The number of nitrogens with zero attached hydrogens (tertiary/aromatic N) is 1. The number of fused-ring (bicyclic) bond motifs is 1. The van der Waals surface area contributed by atoms with Crippen LogP contribution in [0.15, 0.2) is 24.3 Å². The highest BCUT2D eigenvalue weighted by atomic mass is 16.5. The van der Waals surface area contributed by atoms with Crippen LogP contribution in [-0.2, 0) is 11.2 Å². The number of hydrogen-bond donors (Lipinski definition) is 1. The van der Waals surface area contributed by atoms with Crippen molar-refractivity contribution in [1.82, 2.24) is 4.90 Å². The smallest absolute Gasteiger partial charge is 0.0954 e. The van der Waals surface area contributed by atoms with E-state index in [0.29, 0.717) is 6.04 Å². The van der Waals surface area contributed by atoms with E-state index in [0.717, 1.165) is 32.5 Å². The molecular weight excluding hydrogens is 238 g/mol. The molecule has 1 atom stereocenters. The molecule has 0 aromatic heterocycles. The van der Waals surface area contributed by atoms with Crippen molar-refractivity contribution in [3.8, 4) is 0 Å². The minimum atomic E-state index is 0.172. The van der Waals surface area contributed by atoms with Gasteiger partial charge in [-0.1, -0.05) is 24.3 Å². The first-order valence-electron chi connectivity index (χ1n) is 7.26. The summed E-state index contributed by atoms with van der Waals surface area (Å²) in [7, 11) is 0. The Morgan fingerprint density at radius 2 is 2.16 bits per heavy atom. The van der Waals surface area contributed by atoms with Crippen molar-refractivity contribution in [2.24, 2.45) is 0 Å². The number of hydrogen-bond acceptors (Lipinski definition) is 3. The fourth-order valence-corrected chi connectivity index (χ4v) is 2.68. The van der Waals surface area contributed by atoms with Crippen LogP contribution in [0.2, 0.25) is 0 Å². The standard InChI is InChI=1S/C16H25NO2/c1-13(2)17(9-5-10-18)12-16-15-7-4-3-6-14(15)8-11-19-16/h3-4,6-7,13,16,18H,5,8-12H2,1-2H3. The molecule has 3 heteroatoms.